The van der Waals surface area contributed by atoms with Crippen molar-refractivity contribution in [3.8, 4) is 23.1 Å². The number of nitrogens with one attached hydrogen (secondary N) is 1. The number of pyridine rings is 1. The first-order valence-electron chi connectivity index (χ1n) is 15.0. The van der Waals surface area contributed by atoms with Gasteiger partial charge in [-0.15, -0.1) is 0 Å². The number of aromatic nitrogens is 3. The number of morpholine rings is 1. The van der Waals surface area contributed by atoms with Gasteiger partial charge in [0.05, 0.1) is 42.7 Å². The minimum atomic E-state index is -5.06. The van der Waals surface area contributed by atoms with Crippen molar-refractivity contribution in [3.05, 3.63) is 28.8 Å². The fraction of sp³-hybridized carbons (Fsp3) is 0.567. The molecule has 244 valence electrons. The van der Waals surface area contributed by atoms with Gasteiger partial charge in [-0.2, -0.15) is 23.1 Å². The number of alkyl halides is 3. The summed E-state index contributed by atoms with van der Waals surface area (Å²) in [5, 5.41) is 3.09. The Hall–Kier alpha value is -3.56. The van der Waals surface area contributed by atoms with Gasteiger partial charge in [-0.1, -0.05) is 0 Å². The van der Waals surface area contributed by atoms with Crippen LogP contribution in [0.3, 0.4) is 0 Å². The van der Waals surface area contributed by atoms with Gasteiger partial charge in [0.1, 0.15) is 22.4 Å². The smallest absolute Gasteiger partial charge is 0.417 e. The summed E-state index contributed by atoms with van der Waals surface area (Å²) in [6, 6.07) is 0.753. The fourth-order valence-electron chi connectivity index (χ4n) is 6.03. The predicted molar refractivity (Wildman–Crippen MR) is 157 cm³/mol. The lowest BCUT2D eigenvalue weighted by Gasteiger charge is -2.30. The Kier molecular flexibility index (Phi) is 8.37. The summed E-state index contributed by atoms with van der Waals surface area (Å²) >= 11 is 0. The van der Waals surface area contributed by atoms with Gasteiger partial charge in [-0.3, -0.25) is 4.90 Å². The molecule has 15 heteroatoms. The summed E-state index contributed by atoms with van der Waals surface area (Å²) < 4.78 is 92.2. The van der Waals surface area contributed by atoms with Crippen LogP contribution in [0.4, 0.5) is 33.5 Å². The first kappa shape index (κ1) is 31.4. The van der Waals surface area contributed by atoms with Gasteiger partial charge in [-0.25, -0.2) is 13.8 Å². The second-order valence-corrected chi connectivity index (χ2v) is 12.3. The van der Waals surface area contributed by atoms with Crippen LogP contribution < -0.4 is 26.3 Å². The Morgan fingerprint density at radius 1 is 1.13 bits per heavy atom. The van der Waals surface area contributed by atoms with Crippen LogP contribution in [0.25, 0.3) is 22.2 Å². The third-order valence-corrected chi connectivity index (χ3v) is 8.75. The first-order chi connectivity index (χ1) is 21.3. The average Bonchev–Trinajstić information content (AvgIpc) is 3.72. The molecule has 2 atom stereocenters. The van der Waals surface area contributed by atoms with Gasteiger partial charge in [-0.05, 0) is 57.7 Å². The van der Waals surface area contributed by atoms with Gasteiger partial charge < -0.3 is 31.0 Å². The summed E-state index contributed by atoms with van der Waals surface area (Å²) in [6.45, 7) is 7.63. The predicted octanol–water partition coefficient (Wildman–Crippen LogP) is 4.47. The molecular weight excluding hydrogens is 601 g/mol. The minimum Gasteiger partial charge on any atom is -0.474 e. The van der Waals surface area contributed by atoms with E-state index in [4.69, 9.17) is 25.7 Å². The van der Waals surface area contributed by atoms with Crippen LogP contribution in [0.1, 0.15) is 43.7 Å². The van der Waals surface area contributed by atoms with E-state index in [1.165, 1.54) is 0 Å². The van der Waals surface area contributed by atoms with Crippen LogP contribution in [0.5, 0.6) is 11.9 Å². The number of hydrogen-bond donors (Lipinski definition) is 3. The standard InChI is InChI=1S/C30H36F5N7O3/c1-15-11-18(36)22(31)19(21(15)30(33,34)35)24-23(32)25-20(27(39-24)45-16(2)12-17-3-6-38-17)26(37)41-28(40-25)44-14-29(4-5-29)13-42-7-9-43-10-8-42/h11,16-17,38H,3-10,12-14,36H2,1-2H3,(H2,37,40,41). The summed E-state index contributed by atoms with van der Waals surface area (Å²) in [7, 11) is 0. The van der Waals surface area contributed by atoms with Gasteiger partial charge in [0.2, 0.25) is 5.88 Å². The third-order valence-electron chi connectivity index (χ3n) is 8.75. The molecule has 0 radical (unpaired) electrons. The van der Waals surface area contributed by atoms with Crippen molar-refractivity contribution in [2.24, 2.45) is 5.41 Å². The average molecular weight is 638 g/mol. The second kappa shape index (κ2) is 12.0. The zero-order chi connectivity index (χ0) is 32.1. The zero-order valence-corrected chi connectivity index (χ0v) is 25.1. The lowest BCUT2D eigenvalue weighted by atomic mass is 9.96. The highest BCUT2D eigenvalue weighted by Gasteiger charge is 2.45. The first-order valence-corrected chi connectivity index (χ1v) is 15.0. The number of rotatable bonds is 10. The van der Waals surface area contributed by atoms with Crippen LogP contribution in [-0.4, -0.2) is 78.0 Å². The quantitative estimate of drug-likeness (QED) is 0.216. The Morgan fingerprint density at radius 3 is 2.47 bits per heavy atom. The number of halogens is 5. The third kappa shape index (κ3) is 6.42. The van der Waals surface area contributed by atoms with Crippen LogP contribution in [0.2, 0.25) is 0 Å². The van der Waals surface area contributed by atoms with Crippen molar-refractivity contribution in [2.45, 2.75) is 57.9 Å². The summed E-state index contributed by atoms with van der Waals surface area (Å²) in [5.41, 5.74) is 6.87. The molecule has 0 amide bonds. The molecule has 5 N–H and O–H groups in total. The fourth-order valence-corrected chi connectivity index (χ4v) is 6.03. The molecule has 2 saturated heterocycles. The molecule has 6 rings (SSSR count). The van der Waals surface area contributed by atoms with Gasteiger partial charge in [0.25, 0.3) is 0 Å². The number of aryl methyl sites for hydroxylation is 1. The van der Waals surface area contributed by atoms with Gasteiger partial charge in [0.15, 0.2) is 11.6 Å². The highest BCUT2D eigenvalue weighted by atomic mass is 19.4. The van der Waals surface area contributed by atoms with Crippen molar-refractivity contribution in [3.63, 3.8) is 0 Å². The highest BCUT2D eigenvalue weighted by Crippen LogP contribution is 2.47. The van der Waals surface area contributed by atoms with Crippen LogP contribution in [0, 0.1) is 24.0 Å². The molecule has 3 fully saturated rings. The van der Waals surface area contributed by atoms with E-state index < -0.39 is 57.5 Å². The van der Waals surface area contributed by atoms with E-state index in [0.29, 0.717) is 19.6 Å². The Balaban J connectivity index is 1.43. The van der Waals surface area contributed by atoms with Crippen molar-refractivity contribution in [1.82, 2.24) is 25.2 Å². The minimum absolute atomic E-state index is 0.143. The van der Waals surface area contributed by atoms with Gasteiger partial charge >= 0.3 is 12.2 Å². The Labute approximate surface area is 256 Å². The highest BCUT2D eigenvalue weighted by molar-refractivity contribution is 5.96. The van der Waals surface area contributed by atoms with Crippen LogP contribution >= 0.6 is 0 Å². The van der Waals surface area contributed by atoms with E-state index in [1.54, 1.807) is 6.92 Å². The van der Waals surface area contributed by atoms with E-state index >= 15 is 8.78 Å². The molecule has 10 nitrogen and oxygen atoms in total. The normalized spacial score (nSPS) is 20.6. The van der Waals surface area contributed by atoms with Crippen LogP contribution in [0.15, 0.2) is 6.07 Å². The van der Waals surface area contributed by atoms with E-state index in [1.807, 2.05) is 0 Å². The lowest BCUT2D eigenvalue weighted by molar-refractivity contribution is -0.137. The Morgan fingerprint density at radius 2 is 1.84 bits per heavy atom. The van der Waals surface area contributed by atoms with E-state index in [9.17, 15) is 13.2 Å². The summed E-state index contributed by atoms with van der Waals surface area (Å²) in [5.74, 6) is -3.37. The van der Waals surface area contributed by atoms with Crippen molar-refractivity contribution >= 4 is 22.4 Å². The molecule has 2 unspecified atom stereocenters. The number of fused-ring (bicyclic) bond motifs is 1. The SMILES string of the molecule is Cc1cc(N)c(F)c(-c2nc(OC(C)CC3CCN3)c3c(N)nc(OCC4(CN5CCOCC5)CC4)nc3c2F)c1C(F)(F)F. The molecule has 45 heavy (non-hydrogen) atoms. The molecular formula is C30H36F5N7O3. The number of hydrogen-bond acceptors (Lipinski definition) is 10. The molecule has 1 saturated carbocycles. The van der Waals surface area contributed by atoms with E-state index in [-0.39, 0.29) is 41.2 Å². The maximum absolute atomic E-state index is 16.4. The molecule has 3 aliphatic rings. The molecule has 0 spiro atoms. The molecule has 4 heterocycles. The zero-order valence-electron chi connectivity index (χ0n) is 25.1. The van der Waals surface area contributed by atoms with Crippen molar-refractivity contribution < 1.29 is 36.2 Å². The number of ether oxygens (including phenoxy) is 3. The molecule has 2 aromatic heterocycles. The van der Waals surface area contributed by atoms with Crippen molar-refractivity contribution in [1.29, 1.82) is 0 Å². The summed E-state index contributed by atoms with van der Waals surface area (Å²) in [4.78, 5) is 14.8. The number of nitrogens with two attached hydrogens (primary N) is 2. The lowest BCUT2D eigenvalue weighted by Crippen LogP contribution is -2.45. The topological polar surface area (TPSA) is 134 Å². The number of nitrogen functional groups attached to an aromatic ring is 2. The maximum Gasteiger partial charge on any atom is 0.417 e. The number of nitrogens with zero attached hydrogens (tertiary/aromatic N) is 4. The van der Waals surface area contributed by atoms with Crippen LogP contribution in [-0.2, 0) is 10.9 Å². The van der Waals surface area contributed by atoms with E-state index in [0.717, 1.165) is 58.4 Å². The largest absolute Gasteiger partial charge is 0.474 e. The molecule has 2 aliphatic heterocycles. The van der Waals surface area contributed by atoms with E-state index in [2.05, 4.69) is 25.2 Å². The number of benzene rings is 1. The second-order valence-electron chi connectivity index (χ2n) is 12.3. The number of anilines is 2. The van der Waals surface area contributed by atoms with Crippen molar-refractivity contribution in [2.75, 3.05) is 57.5 Å². The molecule has 1 aromatic carbocycles. The maximum atomic E-state index is 16.4. The Bertz CT molecular complexity index is 1590. The van der Waals surface area contributed by atoms with Gasteiger partial charge in [0, 0.05) is 31.1 Å². The molecule has 0 bridgehead atoms. The molecule has 3 aromatic rings. The monoisotopic (exact) mass is 637 g/mol. The molecule has 1 aliphatic carbocycles. The summed E-state index contributed by atoms with van der Waals surface area (Å²) in [6.07, 6.45) is -2.30.